The first-order valence-electron chi connectivity index (χ1n) is 8.88. The van der Waals surface area contributed by atoms with Crippen LogP contribution >= 0.6 is 11.6 Å². The number of hydrogen-bond acceptors (Lipinski definition) is 3. The Bertz CT molecular complexity index is 704. The van der Waals surface area contributed by atoms with Crippen LogP contribution in [0.25, 0.3) is 0 Å². The lowest BCUT2D eigenvalue weighted by atomic mass is 9.99. The number of hydrogen-bond donors (Lipinski definition) is 3. The molecule has 0 saturated carbocycles. The Morgan fingerprint density at radius 3 is 2.41 bits per heavy atom. The largest absolute Gasteiger partial charge is 0.481 e. The molecule has 0 heterocycles. The van der Waals surface area contributed by atoms with E-state index in [0.717, 1.165) is 0 Å². The summed E-state index contributed by atoms with van der Waals surface area (Å²) >= 11 is 6.18. The van der Waals surface area contributed by atoms with Crippen molar-refractivity contribution in [3.8, 4) is 0 Å². The van der Waals surface area contributed by atoms with E-state index < -0.39 is 17.5 Å². The van der Waals surface area contributed by atoms with Gasteiger partial charge in [0.1, 0.15) is 0 Å². The number of benzene rings is 1. The van der Waals surface area contributed by atoms with Gasteiger partial charge in [-0.3, -0.25) is 9.59 Å². The predicted molar refractivity (Wildman–Crippen MR) is 106 cm³/mol. The number of aliphatic carboxylic acids is 1. The third kappa shape index (κ3) is 7.09. The molecule has 0 aliphatic heterocycles. The van der Waals surface area contributed by atoms with E-state index in [2.05, 4.69) is 10.6 Å². The van der Waals surface area contributed by atoms with Crippen LogP contribution in [0, 0.1) is 0 Å². The molecule has 3 N–H and O–H groups in total. The molecule has 7 nitrogen and oxygen atoms in total. The van der Waals surface area contributed by atoms with Gasteiger partial charge >= 0.3 is 12.0 Å². The van der Waals surface area contributed by atoms with Gasteiger partial charge in [0.25, 0.3) is 5.91 Å². The maximum absolute atomic E-state index is 12.7. The molecule has 0 radical (unpaired) electrons. The number of anilines is 1. The Morgan fingerprint density at radius 1 is 1.26 bits per heavy atom. The zero-order chi connectivity index (χ0) is 20.8. The Labute approximate surface area is 165 Å². The first-order chi connectivity index (χ1) is 12.5. The number of carboxylic acid groups (broad SMARTS) is 1. The Balaban J connectivity index is 2.89. The maximum Gasteiger partial charge on any atom is 0.319 e. The lowest BCUT2D eigenvalue weighted by Gasteiger charge is -2.26. The lowest BCUT2D eigenvalue weighted by molar-refractivity contribution is -0.137. The smallest absolute Gasteiger partial charge is 0.319 e. The highest BCUT2D eigenvalue weighted by molar-refractivity contribution is 6.34. The van der Waals surface area contributed by atoms with Crippen LogP contribution in [-0.4, -0.2) is 46.0 Å². The van der Waals surface area contributed by atoms with E-state index in [4.69, 9.17) is 16.7 Å². The predicted octanol–water partition coefficient (Wildman–Crippen LogP) is 3.98. The van der Waals surface area contributed by atoms with Crippen LogP contribution in [-0.2, 0) is 4.79 Å². The Morgan fingerprint density at radius 2 is 1.89 bits per heavy atom. The van der Waals surface area contributed by atoms with Crippen LogP contribution in [0.5, 0.6) is 0 Å². The molecule has 1 aromatic rings. The van der Waals surface area contributed by atoms with Gasteiger partial charge in [-0.15, -0.1) is 0 Å². The van der Waals surface area contributed by atoms with E-state index in [9.17, 15) is 14.4 Å². The highest BCUT2D eigenvalue weighted by Crippen LogP contribution is 2.23. The summed E-state index contributed by atoms with van der Waals surface area (Å²) in [6, 6.07) is 4.25. The summed E-state index contributed by atoms with van der Waals surface area (Å²) in [4.78, 5) is 37.3. The van der Waals surface area contributed by atoms with Crippen molar-refractivity contribution < 1.29 is 19.5 Å². The number of carbonyl (C=O) groups is 3. The second-order valence-corrected chi connectivity index (χ2v) is 7.64. The van der Waals surface area contributed by atoms with Crippen molar-refractivity contribution in [3.63, 3.8) is 0 Å². The van der Waals surface area contributed by atoms with Crippen molar-refractivity contribution in [2.45, 2.75) is 59.0 Å². The van der Waals surface area contributed by atoms with Gasteiger partial charge in [0.05, 0.1) is 10.6 Å². The molecule has 0 unspecified atom stereocenters. The summed E-state index contributed by atoms with van der Waals surface area (Å²) in [5.74, 6) is -1.12. The van der Waals surface area contributed by atoms with E-state index in [-0.39, 0.29) is 18.4 Å². The summed E-state index contributed by atoms with van der Waals surface area (Å²) in [5.41, 5.74) is 0.0498. The molecule has 0 spiro atoms. The fourth-order valence-electron chi connectivity index (χ4n) is 2.62. The van der Waals surface area contributed by atoms with Crippen LogP contribution in [0.4, 0.5) is 10.5 Å². The molecule has 3 amide bonds. The number of urea groups is 1. The zero-order valence-corrected chi connectivity index (χ0v) is 17.2. The van der Waals surface area contributed by atoms with E-state index in [1.165, 1.54) is 0 Å². The van der Waals surface area contributed by atoms with Crippen molar-refractivity contribution in [2.24, 2.45) is 0 Å². The third-order valence-corrected chi connectivity index (χ3v) is 4.42. The molecule has 1 aromatic carbocycles. The van der Waals surface area contributed by atoms with Gasteiger partial charge < -0.3 is 20.6 Å². The number of nitrogens with one attached hydrogen (secondary N) is 2. The standard InChI is InChI=1S/C19H28ClN3O4/c1-6-23(12(2)3)17(26)14-11-13(7-8-15(14)20)21-18(27)22-19(4,5)10-9-16(24)25/h7-8,11-12H,6,9-10H2,1-5H3,(H,24,25)(H2,21,22,27). The highest BCUT2D eigenvalue weighted by atomic mass is 35.5. The minimum absolute atomic E-state index is 0.0218. The van der Waals surface area contributed by atoms with E-state index in [1.54, 1.807) is 36.9 Å². The minimum atomic E-state index is -0.920. The monoisotopic (exact) mass is 397 g/mol. The first kappa shape index (κ1) is 22.8. The topological polar surface area (TPSA) is 98.7 Å². The van der Waals surface area contributed by atoms with Gasteiger partial charge in [-0.1, -0.05) is 11.6 Å². The van der Waals surface area contributed by atoms with Gasteiger partial charge in [-0.2, -0.15) is 0 Å². The summed E-state index contributed by atoms with van der Waals surface area (Å²) in [6.45, 7) is 9.76. The average molecular weight is 398 g/mol. The quantitative estimate of drug-likeness (QED) is 0.617. The maximum atomic E-state index is 12.7. The van der Waals surface area contributed by atoms with Crippen molar-refractivity contribution >= 4 is 35.2 Å². The van der Waals surface area contributed by atoms with Gasteiger partial charge in [0.15, 0.2) is 0 Å². The molecule has 150 valence electrons. The molecular formula is C19H28ClN3O4. The first-order valence-corrected chi connectivity index (χ1v) is 9.26. The summed E-state index contributed by atoms with van der Waals surface area (Å²) < 4.78 is 0. The van der Waals surface area contributed by atoms with Crippen LogP contribution in [0.15, 0.2) is 18.2 Å². The fraction of sp³-hybridized carbons (Fsp3) is 0.526. The SMILES string of the molecule is CCN(C(=O)c1cc(NC(=O)NC(C)(C)CCC(=O)O)ccc1Cl)C(C)C. The molecule has 0 bridgehead atoms. The third-order valence-electron chi connectivity index (χ3n) is 4.10. The Kier molecular flexibility index (Phi) is 8.09. The Hall–Kier alpha value is -2.28. The number of carboxylic acids is 1. The molecule has 0 saturated heterocycles. The molecule has 0 aliphatic rings. The highest BCUT2D eigenvalue weighted by Gasteiger charge is 2.23. The number of amides is 3. The lowest BCUT2D eigenvalue weighted by Crippen LogP contribution is -2.45. The van der Waals surface area contributed by atoms with Crippen molar-refractivity contribution in [1.82, 2.24) is 10.2 Å². The second kappa shape index (κ2) is 9.60. The molecule has 8 heteroatoms. The van der Waals surface area contributed by atoms with Crippen LogP contribution < -0.4 is 10.6 Å². The summed E-state index contributed by atoms with van der Waals surface area (Å²) in [6.07, 6.45) is 0.245. The van der Waals surface area contributed by atoms with E-state index in [1.807, 2.05) is 20.8 Å². The van der Waals surface area contributed by atoms with Crippen molar-refractivity contribution in [1.29, 1.82) is 0 Å². The minimum Gasteiger partial charge on any atom is -0.481 e. The van der Waals surface area contributed by atoms with Crippen molar-refractivity contribution in [3.05, 3.63) is 28.8 Å². The molecule has 0 aliphatic carbocycles. The van der Waals surface area contributed by atoms with Gasteiger partial charge in [-0.05, 0) is 59.2 Å². The van der Waals surface area contributed by atoms with Gasteiger partial charge in [0.2, 0.25) is 0 Å². The summed E-state index contributed by atoms with van der Waals surface area (Å²) in [5, 5.41) is 14.5. The van der Waals surface area contributed by atoms with Crippen LogP contribution in [0.1, 0.15) is 57.8 Å². The number of carbonyl (C=O) groups excluding carboxylic acids is 2. The normalized spacial score (nSPS) is 11.2. The molecule has 0 fully saturated rings. The fourth-order valence-corrected chi connectivity index (χ4v) is 2.81. The number of rotatable bonds is 8. The van der Waals surface area contributed by atoms with Gasteiger partial charge in [-0.25, -0.2) is 4.79 Å². The molecule has 1 rings (SSSR count). The number of halogens is 1. The van der Waals surface area contributed by atoms with E-state index in [0.29, 0.717) is 29.2 Å². The van der Waals surface area contributed by atoms with Crippen LogP contribution in [0.2, 0.25) is 5.02 Å². The van der Waals surface area contributed by atoms with Gasteiger partial charge in [0, 0.05) is 30.2 Å². The van der Waals surface area contributed by atoms with Crippen molar-refractivity contribution in [2.75, 3.05) is 11.9 Å². The molecule has 0 atom stereocenters. The zero-order valence-electron chi connectivity index (χ0n) is 16.4. The molecule has 27 heavy (non-hydrogen) atoms. The number of nitrogens with zero attached hydrogens (tertiary/aromatic N) is 1. The summed E-state index contributed by atoms with van der Waals surface area (Å²) in [7, 11) is 0. The molecular weight excluding hydrogens is 370 g/mol. The van der Waals surface area contributed by atoms with Crippen LogP contribution in [0.3, 0.4) is 0 Å². The second-order valence-electron chi connectivity index (χ2n) is 7.24. The average Bonchev–Trinajstić information content (AvgIpc) is 2.54. The van der Waals surface area contributed by atoms with E-state index >= 15 is 0 Å². The molecule has 0 aromatic heterocycles.